The lowest BCUT2D eigenvalue weighted by atomic mass is 10.1. The average Bonchev–Trinajstić information content (AvgIpc) is 2.44. The molecule has 0 atom stereocenters. The lowest BCUT2D eigenvalue weighted by Crippen LogP contribution is -2.08. The highest BCUT2D eigenvalue weighted by atomic mass is 35.5. The summed E-state index contributed by atoms with van der Waals surface area (Å²) in [4.78, 5) is 15.3. The molecule has 0 bridgehead atoms. The first-order valence-corrected chi connectivity index (χ1v) is 6.47. The summed E-state index contributed by atoms with van der Waals surface area (Å²) in [5, 5.41) is 0.687. The van der Waals surface area contributed by atoms with Gasteiger partial charge in [0.1, 0.15) is 0 Å². The van der Waals surface area contributed by atoms with Gasteiger partial charge in [-0.25, -0.2) is 14.2 Å². The second kappa shape index (κ2) is 5.95. The topological polar surface area (TPSA) is 39.2 Å². The molecule has 1 aromatic heterocycles. The molecule has 0 aliphatic heterocycles. The zero-order chi connectivity index (χ0) is 14.9. The third-order valence-electron chi connectivity index (χ3n) is 2.50. The van der Waals surface area contributed by atoms with Gasteiger partial charge in [0.25, 0.3) is 0 Å². The van der Waals surface area contributed by atoms with E-state index in [1.807, 2.05) is 0 Å². The number of carbonyl (C=O) groups excluding carboxylic acids is 1. The lowest BCUT2D eigenvalue weighted by Gasteiger charge is -2.07. The van der Waals surface area contributed by atoms with Crippen molar-refractivity contribution in [2.24, 2.45) is 0 Å². The fourth-order valence-corrected chi connectivity index (χ4v) is 2.14. The Kier molecular flexibility index (Phi) is 4.48. The number of pyridine rings is 1. The van der Waals surface area contributed by atoms with E-state index in [4.69, 9.17) is 34.8 Å². The summed E-state index contributed by atoms with van der Waals surface area (Å²) in [5.74, 6) is -1.64. The van der Waals surface area contributed by atoms with Crippen LogP contribution in [0.3, 0.4) is 0 Å². The summed E-state index contributed by atoms with van der Waals surface area (Å²) < 4.78 is 18.0. The van der Waals surface area contributed by atoms with E-state index in [1.54, 1.807) is 0 Å². The molecule has 0 saturated heterocycles. The van der Waals surface area contributed by atoms with Gasteiger partial charge in [0.05, 0.1) is 27.9 Å². The summed E-state index contributed by atoms with van der Waals surface area (Å²) in [6.07, 6.45) is 0. The van der Waals surface area contributed by atoms with Crippen LogP contribution >= 0.6 is 34.8 Å². The highest BCUT2D eigenvalue weighted by Gasteiger charge is 2.16. The predicted molar refractivity (Wildman–Crippen MR) is 76.0 cm³/mol. The van der Waals surface area contributed by atoms with Gasteiger partial charge in [-0.05, 0) is 24.3 Å². The number of halogens is 4. The van der Waals surface area contributed by atoms with E-state index in [0.717, 1.165) is 13.2 Å². The van der Waals surface area contributed by atoms with Gasteiger partial charge in [-0.15, -0.1) is 0 Å². The normalized spacial score (nSPS) is 10.4. The Balaban J connectivity index is 2.56. The number of ether oxygens (including phenoxy) is 1. The summed E-state index contributed by atoms with van der Waals surface area (Å²) in [7, 11) is 1.14. The van der Waals surface area contributed by atoms with Gasteiger partial charge >= 0.3 is 5.97 Å². The first-order valence-electron chi connectivity index (χ1n) is 5.34. The predicted octanol–water partition coefficient (Wildman–Crippen LogP) is 4.63. The maximum absolute atomic E-state index is 13.5. The monoisotopic (exact) mass is 333 g/mol. The van der Waals surface area contributed by atoms with E-state index in [-0.39, 0.29) is 15.1 Å². The Hall–Kier alpha value is -1.36. The van der Waals surface area contributed by atoms with Gasteiger partial charge in [0.2, 0.25) is 0 Å². The molecule has 104 valence electrons. The van der Waals surface area contributed by atoms with Crippen LogP contribution in [-0.2, 0) is 4.74 Å². The number of rotatable bonds is 2. The second-order valence-corrected chi connectivity index (χ2v) is 4.96. The molecule has 2 aromatic rings. The quantitative estimate of drug-likeness (QED) is 0.593. The van der Waals surface area contributed by atoms with Gasteiger partial charge < -0.3 is 4.74 Å². The van der Waals surface area contributed by atoms with Crippen molar-refractivity contribution in [2.75, 3.05) is 7.11 Å². The molecule has 0 aliphatic carbocycles. The number of esters is 1. The molecule has 7 heteroatoms. The van der Waals surface area contributed by atoms with E-state index >= 15 is 0 Å². The Morgan fingerprint density at radius 1 is 1.20 bits per heavy atom. The third-order valence-corrected chi connectivity index (χ3v) is 3.70. The van der Waals surface area contributed by atoms with E-state index in [9.17, 15) is 9.18 Å². The average molecular weight is 335 g/mol. The van der Waals surface area contributed by atoms with Crippen molar-refractivity contribution in [1.82, 2.24) is 4.98 Å². The van der Waals surface area contributed by atoms with Gasteiger partial charge in [0, 0.05) is 5.56 Å². The number of methoxy groups -OCH3 is 1. The van der Waals surface area contributed by atoms with E-state index < -0.39 is 17.5 Å². The minimum absolute atomic E-state index is 0.215. The molecule has 0 radical (unpaired) electrons. The van der Waals surface area contributed by atoms with Crippen molar-refractivity contribution in [3.63, 3.8) is 0 Å². The number of benzene rings is 1. The zero-order valence-electron chi connectivity index (χ0n) is 10.1. The number of nitrogens with zero attached hydrogens (tertiary/aromatic N) is 1. The number of hydrogen-bond acceptors (Lipinski definition) is 3. The maximum atomic E-state index is 13.5. The van der Waals surface area contributed by atoms with Crippen molar-refractivity contribution in [2.45, 2.75) is 0 Å². The van der Waals surface area contributed by atoms with Crippen LogP contribution < -0.4 is 0 Å². The standard InChI is InChI=1S/C13H7Cl3FNO2/c1-20-13(19)12-9(17)2-3-10(18-12)6-4-7(14)11(16)8(15)5-6/h2-5H,1H3. The fraction of sp³-hybridized carbons (Fsp3) is 0.0769. The van der Waals surface area contributed by atoms with Crippen LogP contribution in [-0.4, -0.2) is 18.1 Å². The molecule has 0 spiro atoms. The first kappa shape index (κ1) is 15.0. The molecule has 0 N–H and O–H groups in total. The molecular formula is C13H7Cl3FNO2. The molecule has 0 saturated carbocycles. The van der Waals surface area contributed by atoms with Gasteiger partial charge in [-0.1, -0.05) is 34.8 Å². The van der Waals surface area contributed by atoms with Crippen molar-refractivity contribution >= 4 is 40.8 Å². The Morgan fingerprint density at radius 3 is 2.35 bits per heavy atom. The first-order chi connectivity index (χ1) is 9.43. The highest BCUT2D eigenvalue weighted by Crippen LogP contribution is 2.34. The van der Waals surface area contributed by atoms with Crippen LogP contribution in [0.1, 0.15) is 10.5 Å². The fourth-order valence-electron chi connectivity index (χ4n) is 1.55. The minimum atomic E-state index is -0.865. The molecule has 20 heavy (non-hydrogen) atoms. The van der Waals surface area contributed by atoms with Crippen LogP contribution in [0.25, 0.3) is 11.3 Å². The van der Waals surface area contributed by atoms with E-state index in [0.29, 0.717) is 11.3 Å². The molecular weight excluding hydrogens is 328 g/mol. The highest BCUT2D eigenvalue weighted by molar-refractivity contribution is 6.48. The van der Waals surface area contributed by atoms with Gasteiger partial charge in [-0.3, -0.25) is 0 Å². The smallest absolute Gasteiger partial charge is 0.359 e. The van der Waals surface area contributed by atoms with Crippen LogP contribution in [0.4, 0.5) is 4.39 Å². The van der Waals surface area contributed by atoms with Crippen molar-refractivity contribution in [1.29, 1.82) is 0 Å². The molecule has 0 unspecified atom stereocenters. The summed E-state index contributed by atoms with van der Waals surface area (Å²) in [5.41, 5.74) is 0.425. The summed E-state index contributed by atoms with van der Waals surface area (Å²) in [6.45, 7) is 0. The Bertz CT molecular complexity index is 668. The zero-order valence-corrected chi connectivity index (χ0v) is 12.4. The van der Waals surface area contributed by atoms with Gasteiger partial charge in [0.15, 0.2) is 11.5 Å². The molecule has 0 amide bonds. The molecule has 1 heterocycles. The minimum Gasteiger partial charge on any atom is -0.464 e. The molecule has 3 nitrogen and oxygen atoms in total. The van der Waals surface area contributed by atoms with E-state index in [2.05, 4.69) is 9.72 Å². The van der Waals surface area contributed by atoms with Crippen LogP contribution in [0.5, 0.6) is 0 Å². The van der Waals surface area contributed by atoms with E-state index in [1.165, 1.54) is 18.2 Å². The SMILES string of the molecule is COC(=O)c1nc(-c2cc(Cl)c(Cl)c(Cl)c2)ccc1F. The third kappa shape index (κ3) is 2.87. The second-order valence-electron chi connectivity index (χ2n) is 3.77. The van der Waals surface area contributed by atoms with Crippen LogP contribution in [0.2, 0.25) is 15.1 Å². The van der Waals surface area contributed by atoms with Crippen molar-refractivity contribution in [3.05, 3.63) is 50.8 Å². The summed E-state index contributed by atoms with van der Waals surface area (Å²) >= 11 is 17.7. The summed E-state index contributed by atoms with van der Waals surface area (Å²) in [6, 6.07) is 5.57. The number of hydrogen-bond donors (Lipinski definition) is 0. The molecule has 0 aliphatic rings. The van der Waals surface area contributed by atoms with Crippen molar-refractivity contribution < 1.29 is 13.9 Å². The maximum Gasteiger partial charge on any atom is 0.359 e. The number of carbonyl (C=O) groups is 1. The van der Waals surface area contributed by atoms with Crippen molar-refractivity contribution in [3.8, 4) is 11.3 Å². The largest absolute Gasteiger partial charge is 0.464 e. The van der Waals surface area contributed by atoms with Gasteiger partial charge in [-0.2, -0.15) is 0 Å². The lowest BCUT2D eigenvalue weighted by molar-refractivity contribution is 0.0588. The molecule has 2 rings (SSSR count). The Morgan fingerprint density at radius 2 is 1.80 bits per heavy atom. The Labute approximate surface area is 129 Å². The van der Waals surface area contributed by atoms with Crippen LogP contribution in [0.15, 0.2) is 24.3 Å². The molecule has 0 fully saturated rings. The number of aromatic nitrogens is 1. The molecule has 1 aromatic carbocycles. The van der Waals surface area contributed by atoms with Crippen LogP contribution in [0, 0.1) is 5.82 Å².